The largest absolute Gasteiger partial charge is 0.366 e. The highest BCUT2D eigenvalue weighted by molar-refractivity contribution is 6.42. The molecule has 0 aliphatic rings. The lowest BCUT2D eigenvalue weighted by atomic mass is 10.1. The predicted molar refractivity (Wildman–Crippen MR) is 86.7 cm³/mol. The Kier molecular flexibility index (Phi) is 5.23. The lowest BCUT2D eigenvalue weighted by Gasteiger charge is -2.15. The van der Waals surface area contributed by atoms with Gasteiger partial charge in [-0.05, 0) is 42.3 Å². The molecule has 0 heterocycles. The van der Waals surface area contributed by atoms with E-state index in [0.29, 0.717) is 22.2 Å². The lowest BCUT2D eigenvalue weighted by Crippen LogP contribution is -2.18. The van der Waals surface area contributed by atoms with E-state index < -0.39 is 5.91 Å². The summed E-state index contributed by atoms with van der Waals surface area (Å²) in [7, 11) is 0. The molecule has 2 aromatic rings. The fraction of sp³-hybridized carbons (Fsp3) is 0.188. The topological polar surface area (TPSA) is 55.1 Å². The molecule has 5 heteroatoms. The number of halogens is 2. The second-order valence-electron chi connectivity index (χ2n) is 4.84. The van der Waals surface area contributed by atoms with Gasteiger partial charge in [-0.2, -0.15) is 0 Å². The van der Waals surface area contributed by atoms with E-state index in [1.54, 1.807) is 18.2 Å². The predicted octanol–water partition coefficient (Wildman–Crippen LogP) is 3.94. The minimum Gasteiger partial charge on any atom is -0.366 e. The van der Waals surface area contributed by atoms with E-state index in [1.165, 1.54) is 0 Å². The van der Waals surface area contributed by atoms with Crippen LogP contribution in [0, 0.1) is 0 Å². The van der Waals surface area contributed by atoms with Crippen LogP contribution in [0.5, 0.6) is 0 Å². The van der Waals surface area contributed by atoms with Crippen molar-refractivity contribution in [1.82, 2.24) is 5.32 Å². The third-order valence-corrected chi connectivity index (χ3v) is 4.01. The monoisotopic (exact) mass is 322 g/mol. The summed E-state index contributed by atoms with van der Waals surface area (Å²) >= 11 is 11.9. The third kappa shape index (κ3) is 4.21. The second kappa shape index (κ2) is 6.94. The van der Waals surface area contributed by atoms with Gasteiger partial charge in [0.2, 0.25) is 5.91 Å². The van der Waals surface area contributed by atoms with Gasteiger partial charge >= 0.3 is 0 Å². The molecule has 0 fully saturated rings. The SMILES string of the molecule is CC(NCc1cccc(C(N)=O)c1)c1ccc(Cl)c(Cl)c1. The van der Waals surface area contributed by atoms with Gasteiger partial charge in [-0.3, -0.25) is 4.79 Å². The van der Waals surface area contributed by atoms with Crippen molar-refractivity contribution in [2.24, 2.45) is 5.73 Å². The van der Waals surface area contributed by atoms with Gasteiger partial charge in [-0.1, -0.05) is 41.4 Å². The number of hydrogen-bond donors (Lipinski definition) is 2. The summed E-state index contributed by atoms with van der Waals surface area (Å²) in [4.78, 5) is 11.2. The Morgan fingerprint density at radius 2 is 1.95 bits per heavy atom. The van der Waals surface area contributed by atoms with E-state index in [9.17, 15) is 4.79 Å². The number of amides is 1. The molecule has 21 heavy (non-hydrogen) atoms. The number of nitrogens with one attached hydrogen (secondary N) is 1. The van der Waals surface area contributed by atoms with Crippen molar-refractivity contribution in [3.8, 4) is 0 Å². The number of benzene rings is 2. The second-order valence-corrected chi connectivity index (χ2v) is 5.66. The molecule has 0 saturated carbocycles. The fourth-order valence-electron chi connectivity index (χ4n) is 2.01. The van der Waals surface area contributed by atoms with Crippen LogP contribution in [-0.2, 0) is 6.54 Å². The fourth-order valence-corrected chi connectivity index (χ4v) is 2.31. The lowest BCUT2D eigenvalue weighted by molar-refractivity contribution is 0.1000. The van der Waals surface area contributed by atoms with E-state index in [1.807, 2.05) is 31.2 Å². The van der Waals surface area contributed by atoms with Crippen LogP contribution in [0.2, 0.25) is 10.0 Å². The maximum absolute atomic E-state index is 11.2. The summed E-state index contributed by atoms with van der Waals surface area (Å²) in [5.74, 6) is -0.422. The molecule has 0 radical (unpaired) electrons. The first-order valence-corrected chi connectivity index (χ1v) is 7.30. The summed E-state index contributed by atoms with van der Waals surface area (Å²) in [6.45, 7) is 2.67. The van der Waals surface area contributed by atoms with E-state index in [-0.39, 0.29) is 6.04 Å². The maximum atomic E-state index is 11.2. The van der Waals surface area contributed by atoms with Crippen molar-refractivity contribution in [2.45, 2.75) is 19.5 Å². The highest BCUT2D eigenvalue weighted by Crippen LogP contribution is 2.25. The quantitative estimate of drug-likeness (QED) is 0.875. The van der Waals surface area contributed by atoms with Crippen molar-refractivity contribution in [2.75, 3.05) is 0 Å². The van der Waals surface area contributed by atoms with Crippen LogP contribution in [0.15, 0.2) is 42.5 Å². The number of carbonyl (C=O) groups excluding carboxylic acids is 1. The van der Waals surface area contributed by atoms with Crippen LogP contribution < -0.4 is 11.1 Å². The minimum absolute atomic E-state index is 0.108. The summed E-state index contributed by atoms with van der Waals surface area (Å²) < 4.78 is 0. The van der Waals surface area contributed by atoms with Gasteiger partial charge in [0.05, 0.1) is 10.0 Å². The van der Waals surface area contributed by atoms with Gasteiger partial charge in [0.15, 0.2) is 0 Å². The maximum Gasteiger partial charge on any atom is 0.248 e. The zero-order valence-corrected chi connectivity index (χ0v) is 13.1. The molecule has 2 rings (SSSR count). The van der Waals surface area contributed by atoms with Gasteiger partial charge in [0, 0.05) is 18.2 Å². The Labute approximate surface area is 134 Å². The summed E-state index contributed by atoms with van der Waals surface area (Å²) in [5, 5.41) is 4.46. The average molecular weight is 323 g/mol. The molecule has 3 nitrogen and oxygen atoms in total. The Morgan fingerprint density at radius 1 is 1.19 bits per heavy atom. The van der Waals surface area contributed by atoms with Gasteiger partial charge in [0.25, 0.3) is 0 Å². The highest BCUT2D eigenvalue weighted by atomic mass is 35.5. The molecule has 0 aliphatic heterocycles. The first-order chi connectivity index (χ1) is 9.97. The van der Waals surface area contributed by atoms with Gasteiger partial charge < -0.3 is 11.1 Å². The molecule has 110 valence electrons. The van der Waals surface area contributed by atoms with Gasteiger partial charge in [-0.15, -0.1) is 0 Å². The van der Waals surface area contributed by atoms with E-state index in [0.717, 1.165) is 11.1 Å². The first-order valence-electron chi connectivity index (χ1n) is 6.54. The van der Waals surface area contributed by atoms with Crippen molar-refractivity contribution in [3.63, 3.8) is 0 Å². The van der Waals surface area contributed by atoms with Gasteiger partial charge in [0.1, 0.15) is 0 Å². The summed E-state index contributed by atoms with van der Waals surface area (Å²) in [6, 6.07) is 12.9. The van der Waals surface area contributed by atoms with Gasteiger partial charge in [-0.25, -0.2) is 0 Å². The molecule has 0 aromatic heterocycles. The smallest absolute Gasteiger partial charge is 0.248 e. The number of carbonyl (C=O) groups is 1. The van der Waals surface area contributed by atoms with Crippen LogP contribution in [0.4, 0.5) is 0 Å². The zero-order valence-electron chi connectivity index (χ0n) is 11.6. The Bertz CT molecular complexity index is 658. The Hall–Kier alpha value is -1.55. The molecule has 1 unspecified atom stereocenters. The molecule has 0 spiro atoms. The molecule has 3 N–H and O–H groups in total. The molecule has 1 amide bonds. The van der Waals surface area contributed by atoms with E-state index in [4.69, 9.17) is 28.9 Å². The molecule has 0 saturated heterocycles. The number of rotatable bonds is 5. The zero-order chi connectivity index (χ0) is 15.4. The van der Waals surface area contributed by atoms with Crippen LogP contribution in [0.25, 0.3) is 0 Å². The third-order valence-electron chi connectivity index (χ3n) is 3.27. The summed E-state index contributed by atoms with van der Waals surface area (Å²) in [6.07, 6.45) is 0. The standard InChI is InChI=1S/C16H16Cl2N2O/c1-10(12-5-6-14(17)15(18)8-12)20-9-11-3-2-4-13(7-11)16(19)21/h2-8,10,20H,9H2,1H3,(H2,19,21). The number of primary amides is 1. The summed E-state index contributed by atoms with van der Waals surface area (Å²) in [5.41, 5.74) is 7.83. The van der Waals surface area contributed by atoms with Crippen LogP contribution in [0.1, 0.15) is 34.5 Å². The molecule has 2 aromatic carbocycles. The molecule has 0 aliphatic carbocycles. The molecular weight excluding hydrogens is 307 g/mol. The first kappa shape index (κ1) is 15.8. The van der Waals surface area contributed by atoms with E-state index in [2.05, 4.69) is 5.32 Å². The van der Waals surface area contributed by atoms with E-state index >= 15 is 0 Å². The van der Waals surface area contributed by atoms with Crippen LogP contribution >= 0.6 is 23.2 Å². The molecule has 1 atom stereocenters. The molecular formula is C16H16Cl2N2O. The number of nitrogens with two attached hydrogens (primary N) is 1. The average Bonchev–Trinajstić information content (AvgIpc) is 2.48. The van der Waals surface area contributed by atoms with Crippen molar-refractivity contribution in [3.05, 3.63) is 69.2 Å². The molecule has 0 bridgehead atoms. The minimum atomic E-state index is -0.422. The van der Waals surface area contributed by atoms with Crippen molar-refractivity contribution in [1.29, 1.82) is 0 Å². The van der Waals surface area contributed by atoms with Crippen molar-refractivity contribution >= 4 is 29.1 Å². The normalized spacial score (nSPS) is 12.1. The highest BCUT2D eigenvalue weighted by Gasteiger charge is 2.08. The number of hydrogen-bond acceptors (Lipinski definition) is 2. The van der Waals surface area contributed by atoms with Crippen molar-refractivity contribution < 1.29 is 4.79 Å². The van der Waals surface area contributed by atoms with Crippen LogP contribution in [0.3, 0.4) is 0 Å². The Balaban J connectivity index is 2.03. The van der Waals surface area contributed by atoms with Crippen LogP contribution in [-0.4, -0.2) is 5.91 Å². The Morgan fingerprint density at radius 3 is 2.62 bits per heavy atom.